The molecule has 0 aliphatic carbocycles. The van der Waals surface area contributed by atoms with E-state index in [1.807, 2.05) is 31.2 Å². The van der Waals surface area contributed by atoms with Crippen LogP contribution in [0.5, 0.6) is 11.5 Å². The van der Waals surface area contributed by atoms with Crippen LogP contribution in [0, 0.1) is 6.92 Å². The average Bonchev–Trinajstić information content (AvgIpc) is 3.09. The van der Waals surface area contributed by atoms with Gasteiger partial charge in [-0.05, 0) is 38.5 Å². The highest BCUT2D eigenvalue weighted by molar-refractivity contribution is 5.98. The molecule has 0 aromatic heterocycles. The number of para-hydroxylation sites is 1. The highest BCUT2D eigenvalue weighted by Crippen LogP contribution is 2.35. The molecule has 0 saturated carbocycles. The number of benzene rings is 2. The molecule has 2 aromatic carbocycles. The maximum Gasteiger partial charge on any atom is 0.308 e. The summed E-state index contributed by atoms with van der Waals surface area (Å²) in [6.07, 6.45) is -0.172. The van der Waals surface area contributed by atoms with E-state index in [9.17, 15) is 9.59 Å². The number of ether oxygens (including phenoxy) is 3. The summed E-state index contributed by atoms with van der Waals surface area (Å²) in [5.74, 6) is 0.255. The summed E-state index contributed by atoms with van der Waals surface area (Å²) >= 11 is 0. The van der Waals surface area contributed by atoms with E-state index >= 15 is 0 Å². The SMILES string of the molecule is Cc1ccc(C(CC(=O)OC(C)C)NC(=O)c2cccc3c2OCO3)cc1. The summed E-state index contributed by atoms with van der Waals surface area (Å²) in [7, 11) is 0. The molecule has 6 nitrogen and oxygen atoms in total. The van der Waals surface area contributed by atoms with Gasteiger partial charge in [-0.3, -0.25) is 9.59 Å². The first-order valence-corrected chi connectivity index (χ1v) is 8.89. The Labute approximate surface area is 158 Å². The summed E-state index contributed by atoms with van der Waals surface area (Å²) in [4.78, 5) is 25.1. The second kappa shape index (κ2) is 8.12. The van der Waals surface area contributed by atoms with Crippen molar-refractivity contribution < 1.29 is 23.8 Å². The number of nitrogens with one attached hydrogen (secondary N) is 1. The molecule has 3 rings (SSSR count). The van der Waals surface area contributed by atoms with Crippen LogP contribution in [-0.4, -0.2) is 24.8 Å². The molecule has 0 saturated heterocycles. The van der Waals surface area contributed by atoms with E-state index in [0.29, 0.717) is 17.1 Å². The van der Waals surface area contributed by atoms with Crippen LogP contribution in [0.2, 0.25) is 0 Å². The number of esters is 1. The Hall–Kier alpha value is -3.02. The fraction of sp³-hybridized carbons (Fsp3) is 0.333. The van der Waals surface area contributed by atoms with E-state index < -0.39 is 6.04 Å². The first-order chi connectivity index (χ1) is 12.9. The van der Waals surface area contributed by atoms with Crippen molar-refractivity contribution in [3.05, 3.63) is 59.2 Å². The maximum absolute atomic E-state index is 12.9. The molecule has 142 valence electrons. The maximum atomic E-state index is 12.9. The zero-order valence-electron chi connectivity index (χ0n) is 15.7. The molecule has 1 atom stereocenters. The van der Waals surface area contributed by atoms with Crippen molar-refractivity contribution in [3.8, 4) is 11.5 Å². The van der Waals surface area contributed by atoms with Crippen molar-refractivity contribution in [1.82, 2.24) is 5.32 Å². The van der Waals surface area contributed by atoms with Gasteiger partial charge in [-0.1, -0.05) is 35.9 Å². The van der Waals surface area contributed by atoms with Gasteiger partial charge in [-0.15, -0.1) is 0 Å². The van der Waals surface area contributed by atoms with Crippen LogP contribution in [-0.2, 0) is 9.53 Å². The minimum absolute atomic E-state index is 0.0410. The van der Waals surface area contributed by atoms with Gasteiger partial charge in [0.05, 0.1) is 24.1 Å². The third kappa shape index (κ3) is 4.58. The second-order valence-electron chi connectivity index (χ2n) is 6.72. The van der Waals surface area contributed by atoms with Gasteiger partial charge >= 0.3 is 5.97 Å². The molecular formula is C21H23NO5. The zero-order valence-corrected chi connectivity index (χ0v) is 15.7. The van der Waals surface area contributed by atoms with Crippen LogP contribution >= 0.6 is 0 Å². The monoisotopic (exact) mass is 369 g/mol. The molecule has 1 heterocycles. The standard InChI is InChI=1S/C21H23NO5/c1-13(2)27-19(23)11-17(15-9-7-14(3)8-10-15)22-21(24)16-5-4-6-18-20(16)26-12-25-18/h4-10,13,17H,11-12H2,1-3H3,(H,22,24). The molecule has 2 aromatic rings. The third-order valence-corrected chi connectivity index (χ3v) is 4.16. The van der Waals surface area contributed by atoms with Gasteiger partial charge in [0.1, 0.15) is 0 Å². The van der Waals surface area contributed by atoms with Crippen LogP contribution < -0.4 is 14.8 Å². The minimum Gasteiger partial charge on any atom is -0.463 e. The van der Waals surface area contributed by atoms with Gasteiger partial charge in [0.2, 0.25) is 6.79 Å². The largest absolute Gasteiger partial charge is 0.463 e. The molecule has 1 aliphatic rings. The Kier molecular flexibility index (Phi) is 5.64. The normalized spacial score (nSPS) is 13.3. The molecular weight excluding hydrogens is 346 g/mol. The number of aryl methyl sites for hydroxylation is 1. The van der Waals surface area contributed by atoms with Crippen molar-refractivity contribution in [3.63, 3.8) is 0 Å². The molecule has 1 aliphatic heterocycles. The van der Waals surface area contributed by atoms with Crippen molar-refractivity contribution in [2.45, 2.75) is 39.3 Å². The van der Waals surface area contributed by atoms with Gasteiger partial charge in [0.25, 0.3) is 5.91 Å². The fourth-order valence-corrected chi connectivity index (χ4v) is 2.87. The summed E-state index contributed by atoms with van der Waals surface area (Å²) in [5, 5.41) is 2.93. The molecule has 0 bridgehead atoms. The quantitative estimate of drug-likeness (QED) is 0.789. The fourth-order valence-electron chi connectivity index (χ4n) is 2.87. The van der Waals surface area contributed by atoms with Gasteiger partial charge in [0, 0.05) is 0 Å². The number of carbonyl (C=O) groups is 2. The lowest BCUT2D eigenvalue weighted by atomic mass is 10.0. The minimum atomic E-state index is -0.512. The zero-order chi connectivity index (χ0) is 19.4. The first kappa shape index (κ1) is 18.8. The Morgan fingerprint density at radius 1 is 1.11 bits per heavy atom. The summed E-state index contributed by atoms with van der Waals surface area (Å²) < 4.78 is 16.0. The van der Waals surface area contributed by atoms with E-state index in [1.54, 1.807) is 32.0 Å². The summed E-state index contributed by atoms with van der Waals surface area (Å²) in [6.45, 7) is 5.65. The average molecular weight is 369 g/mol. The van der Waals surface area contributed by atoms with Gasteiger partial charge in [-0.2, -0.15) is 0 Å². The number of carbonyl (C=O) groups excluding carboxylic acids is 2. The Balaban J connectivity index is 1.82. The van der Waals surface area contributed by atoms with Crippen LogP contribution in [0.15, 0.2) is 42.5 Å². The lowest BCUT2D eigenvalue weighted by molar-refractivity contribution is -0.147. The number of hydrogen-bond acceptors (Lipinski definition) is 5. The first-order valence-electron chi connectivity index (χ1n) is 8.89. The lowest BCUT2D eigenvalue weighted by Crippen LogP contribution is -2.31. The van der Waals surface area contributed by atoms with E-state index in [-0.39, 0.29) is 31.2 Å². The molecule has 1 amide bonds. The Morgan fingerprint density at radius 2 is 1.85 bits per heavy atom. The van der Waals surface area contributed by atoms with Gasteiger partial charge in [0.15, 0.2) is 11.5 Å². The molecule has 0 fully saturated rings. The highest BCUT2D eigenvalue weighted by Gasteiger charge is 2.25. The molecule has 6 heteroatoms. The van der Waals surface area contributed by atoms with Crippen molar-refractivity contribution in [1.29, 1.82) is 0 Å². The lowest BCUT2D eigenvalue weighted by Gasteiger charge is -2.20. The summed E-state index contributed by atoms with van der Waals surface area (Å²) in [6, 6.07) is 12.3. The number of fused-ring (bicyclic) bond motifs is 1. The number of amides is 1. The number of rotatable bonds is 6. The Bertz CT molecular complexity index is 829. The molecule has 27 heavy (non-hydrogen) atoms. The topological polar surface area (TPSA) is 73.9 Å². The predicted molar refractivity (Wildman–Crippen MR) is 99.8 cm³/mol. The van der Waals surface area contributed by atoms with Gasteiger partial charge in [-0.25, -0.2) is 0 Å². The molecule has 0 spiro atoms. The van der Waals surface area contributed by atoms with Crippen molar-refractivity contribution in [2.24, 2.45) is 0 Å². The van der Waals surface area contributed by atoms with Crippen LogP contribution in [0.4, 0.5) is 0 Å². The van der Waals surface area contributed by atoms with Crippen molar-refractivity contribution in [2.75, 3.05) is 6.79 Å². The Morgan fingerprint density at radius 3 is 2.56 bits per heavy atom. The smallest absolute Gasteiger partial charge is 0.308 e. The summed E-state index contributed by atoms with van der Waals surface area (Å²) in [5.41, 5.74) is 2.30. The molecule has 1 unspecified atom stereocenters. The van der Waals surface area contributed by atoms with Crippen LogP contribution in [0.3, 0.4) is 0 Å². The van der Waals surface area contributed by atoms with Gasteiger partial charge < -0.3 is 19.5 Å². The second-order valence-corrected chi connectivity index (χ2v) is 6.72. The number of hydrogen-bond donors (Lipinski definition) is 1. The van der Waals surface area contributed by atoms with E-state index in [1.165, 1.54) is 0 Å². The van der Waals surface area contributed by atoms with Crippen LogP contribution in [0.25, 0.3) is 0 Å². The third-order valence-electron chi connectivity index (χ3n) is 4.16. The molecule has 1 N–H and O–H groups in total. The van der Waals surface area contributed by atoms with Crippen molar-refractivity contribution >= 4 is 11.9 Å². The predicted octanol–water partition coefficient (Wildman–Crippen LogP) is 3.54. The van der Waals surface area contributed by atoms with Crippen LogP contribution in [0.1, 0.15) is 47.8 Å². The molecule has 0 radical (unpaired) electrons. The van der Waals surface area contributed by atoms with E-state index in [0.717, 1.165) is 11.1 Å². The van der Waals surface area contributed by atoms with E-state index in [4.69, 9.17) is 14.2 Å². The van der Waals surface area contributed by atoms with E-state index in [2.05, 4.69) is 5.32 Å². The highest BCUT2D eigenvalue weighted by atomic mass is 16.7.